The second kappa shape index (κ2) is 7.07. The number of rotatable bonds is 4. The van der Waals surface area contributed by atoms with Crippen LogP contribution in [0.1, 0.15) is 11.1 Å². The van der Waals surface area contributed by atoms with Gasteiger partial charge >= 0.3 is 6.18 Å². The van der Waals surface area contributed by atoms with Gasteiger partial charge in [-0.05, 0) is 29.3 Å². The number of alkyl halides is 3. The third kappa shape index (κ3) is 3.96. The van der Waals surface area contributed by atoms with E-state index in [0.717, 1.165) is 11.6 Å². The highest BCUT2D eigenvalue weighted by atomic mass is 19.4. The molecule has 0 aliphatic carbocycles. The van der Waals surface area contributed by atoms with Gasteiger partial charge in [0.2, 0.25) is 0 Å². The molecule has 0 fully saturated rings. The third-order valence-electron chi connectivity index (χ3n) is 3.79. The third-order valence-corrected chi connectivity index (χ3v) is 3.79. The highest BCUT2D eigenvalue weighted by Crippen LogP contribution is 2.37. The molecule has 0 aliphatic heterocycles. The van der Waals surface area contributed by atoms with Gasteiger partial charge in [-0.1, -0.05) is 42.5 Å². The highest BCUT2D eigenvalue weighted by Gasteiger charge is 2.35. The fourth-order valence-corrected chi connectivity index (χ4v) is 2.58. The van der Waals surface area contributed by atoms with Crippen LogP contribution >= 0.6 is 0 Å². The summed E-state index contributed by atoms with van der Waals surface area (Å²) in [5, 5.41) is 0. The lowest BCUT2D eigenvalue weighted by atomic mass is 10.0. The van der Waals surface area contributed by atoms with Crippen molar-refractivity contribution in [3.8, 4) is 16.9 Å². The number of benzene rings is 3. The second-order valence-electron chi connectivity index (χ2n) is 5.73. The van der Waals surface area contributed by atoms with Crippen LogP contribution in [0.4, 0.5) is 23.2 Å². The molecule has 0 aromatic heterocycles. The van der Waals surface area contributed by atoms with Crippen molar-refractivity contribution in [3.05, 3.63) is 83.7 Å². The Balaban J connectivity index is 1.93. The molecule has 3 rings (SSSR count). The van der Waals surface area contributed by atoms with E-state index in [1.807, 2.05) is 30.3 Å². The molecule has 0 spiro atoms. The molecule has 0 radical (unpaired) electrons. The predicted molar refractivity (Wildman–Crippen MR) is 92.0 cm³/mol. The summed E-state index contributed by atoms with van der Waals surface area (Å²) in [6.07, 6.45) is -4.77. The van der Waals surface area contributed by atoms with E-state index in [0.29, 0.717) is 11.8 Å². The molecule has 0 saturated heterocycles. The van der Waals surface area contributed by atoms with Crippen LogP contribution in [-0.2, 0) is 12.8 Å². The molecule has 2 N–H and O–H groups in total. The number of halogens is 4. The Bertz CT molecular complexity index is 907. The summed E-state index contributed by atoms with van der Waals surface area (Å²) in [5.41, 5.74) is 5.72. The molecule has 0 heterocycles. The minimum Gasteiger partial charge on any atom is -0.489 e. The summed E-state index contributed by atoms with van der Waals surface area (Å²) in [4.78, 5) is 0. The van der Waals surface area contributed by atoms with E-state index in [-0.39, 0.29) is 23.4 Å². The fourth-order valence-electron chi connectivity index (χ4n) is 2.58. The van der Waals surface area contributed by atoms with Gasteiger partial charge in [-0.2, -0.15) is 13.2 Å². The summed E-state index contributed by atoms with van der Waals surface area (Å²) in [6.45, 7) is 0.259. The van der Waals surface area contributed by atoms with Crippen molar-refractivity contribution in [2.45, 2.75) is 12.8 Å². The molecule has 0 bridgehead atoms. The quantitative estimate of drug-likeness (QED) is 0.480. The van der Waals surface area contributed by atoms with Gasteiger partial charge in [-0.25, -0.2) is 4.39 Å². The molecule has 3 aromatic carbocycles. The van der Waals surface area contributed by atoms with Crippen molar-refractivity contribution in [3.63, 3.8) is 0 Å². The normalized spacial score (nSPS) is 11.4. The number of ether oxygens (including phenoxy) is 1. The van der Waals surface area contributed by atoms with Gasteiger partial charge in [-0.15, -0.1) is 0 Å². The second-order valence-corrected chi connectivity index (χ2v) is 5.73. The maximum absolute atomic E-state index is 14.4. The van der Waals surface area contributed by atoms with E-state index in [4.69, 9.17) is 10.5 Å². The molecule has 0 amide bonds. The van der Waals surface area contributed by atoms with E-state index in [1.54, 1.807) is 0 Å². The van der Waals surface area contributed by atoms with Crippen molar-refractivity contribution in [2.75, 3.05) is 5.73 Å². The highest BCUT2D eigenvalue weighted by molar-refractivity contribution is 5.71. The van der Waals surface area contributed by atoms with Crippen LogP contribution < -0.4 is 10.5 Å². The molecule has 0 unspecified atom stereocenters. The minimum atomic E-state index is -4.77. The van der Waals surface area contributed by atoms with Crippen molar-refractivity contribution in [1.82, 2.24) is 0 Å². The zero-order valence-electron chi connectivity index (χ0n) is 13.6. The standard InChI is InChI=1S/C20H15F4NO/c21-19-17(7-4-8-18(19)20(22,23)24)14-9-15(25)11-16(10-14)26-12-13-5-2-1-3-6-13/h1-11H,12,25H2. The maximum atomic E-state index is 14.4. The Morgan fingerprint density at radius 2 is 1.62 bits per heavy atom. The Hall–Kier alpha value is -3.02. The average Bonchev–Trinajstić information content (AvgIpc) is 2.59. The summed E-state index contributed by atoms with van der Waals surface area (Å²) in [6, 6.07) is 16.9. The topological polar surface area (TPSA) is 35.2 Å². The van der Waals surface area contributed by atoms with Crippen LogP contribution in [0.25, 0.3) is 11.1 Å². The minimum absolute atomic E-state index is 0.184. The summed E-state index contributed by atoms with van der Waals surface area (Å²) >= 11 is 0. The van der Waals surface area contributed by atoms with Crippen molar-refractivity contribution in [2.24, 2.45) is 0 Å². The maximum Gasteiger partial charge on any atom is 0.419 e. The lowest BCUT2D eigenvalue weighted by molar-refractivity contribution is -0.139. The number of hydrogen-bond acceptors (Lipinski definition) is 2. The Kier molecular flexibility index (Phi) is 4.84. The Labute approximate surface area is 147 Å². The SMILES string of the molecule is Nc1cc(OCc2ccccc2)cc(-c2cccc(C(F)(F)F)c2F)c1. The first-order valence-electron chi connectivity index (χ1n) is 7.78. The first kappa shape index (κ1) is 17.8. The van der Waals surface area contributed by atoms with E-state index in [1.165, 1.54) is 24.3 Å². The summed E-state index contributed by atoms with van der Waals surface area (Å²) < 4.78 is 58.8. The molecule has 0 saturated carbocycles. The number of nitrogen functional groups attached to an aromatic ring is 1. The van der Waals surface area contributed by atoms with E-state index < -0.39 is 17.6 Å². The molecular weight excluding hydrogens is 346 g/mol. The van der Waals surface area contributed by atoms with E-state index in [2.05, 4.69) is 0 Å². The molecule has 0 aliphatic rings. The first-order valence-corrected chi connectivity index (χ1v) is 7.78. The average molecular weight is 361 g/mol. The number of anilines is 1. The van der Waals surface area contributed by atoms with Crippen LogP contribution in [0.2, 0.25) is 0 Å². The van der Waals surface area contributed by atoms with Gasteiger partial charge in [0.15, 0.2) is 0 Å². The summed E-state index contributed by atoms with van der Waals surface area (Å²) in [7, 11) is 0. The van der Waals surface area contributed by atoms with Crippen molar-refractivity contribution < 1.29 is 22.3 Å². The smallest absolute Gasteiger partial charge is 0.419 e. The van der Waals surface area contributed by atoms with Gasteiger partial charge in [0.05, 0.1) is 5.56 Å². The molecular formula is C20H15F4NO. The predicted octanol–water partition coefficient (Wildman–Crippen LogP) is 5.67. The lowest BCUT2D eigenvalue weighted by Gasteiger charge is -2.13. The molecule has 134 valence electrons. The van der Waals surface area contributed by atoms with Crippen molar-refractivity contribution in [1.29, 1.82) is 0 Å². The Morgan fingerprint density at radius 3 is 2.31 bits per heavy atom. The zero-order valence-corrected chi connectivity index (χ0v) is 13.6. The molecule has 26 heavy (non-hydrogen) atoms. The lowest BCUT2D eigenvalue weighted by Crippen LogP contribution is -2.08. The zero-order chi connectivity index (χ0) is 18.7. The summed E-state index contributed by atoms with van der Waals surface area (Å²) in [5.74, 6) is -0.986. The Morgan fingerprint density at radius 1 is 0.885 bits per heavy atom. The van der Waals surface area contributed by atoms with Crippen LogP contribution in [0.3, 0.4) is 0 Å². The first-order chi connectivity index (χ1) is 12.3. The molecule has 3 aromatic rings. The van der Waals surface area contributed by atoms with Crippen LogP contribution in [0, 0.1) is 5.82 Å². The van der Waals surface area contributed by atoms with Gasteiger partial charge in [0.1, 0.15) is 18.2 Å². The van der Waals surface area contributed by atoms with Gasteiger partial charge in [0.25, 0.3) is 0 Å². The largest absolute Gasteiger partial charge is 0.489 e. The van der Waals surface area contributed by atoms with Gasteiger partial charge < -0.3 is 10.5 Å². The van der Waals surface area contributed by atoms with Crippen LogP contribution in [-0.4, -0.2) is 0 Å². The fraction of sp³-hybridized carbons (Fsp3) is 0.100. The molecule has 6 heteroatoms. The molecule has 0 atom stereocenters. The van der Waals surface area contributed by atoms with Gasteiger partial charge in [0, 0.05) is 17.3 Å². The molecule has 2 nitrogen and oxygen atoms in total. The van der Waals surface area contributed by atoms with Crippen LogP contribution in [0.15, 0.2) is 66.7 Å². The number of hydrogen-bond donors (Lipinski definition) is 1. The number of nitrogens with two attached hydrogens (primary N) is 1. The van der Waals surface area contributed by atoms with E-state index in [9.17, 15) is 17.6 Å². The van der Waals surface area contributed by atoms with Crippen LogP contribution in [0.5, 0.6) is 5.75 Å². The van der Waals surface area contributed by atoms with E-state index >= 15 is 0 Å². The van der Waals surface area contributed by atoms with Gasteiger partial charge in [-0.3, -0.25) is 0 Å². The monoisotopic (exact) mass is 361 g/mol. The van der Waals surface area contributed by atoms with Crippen molar-refractivity contribution >= 4 is 5.69 Å².